The summed E-state index contributed by atoms with van der Waals surface area (Å²) in [5.74, 6) is -4.07. The van der Waals surface area contributed by atoms with Crippen molar-refractivity contribution in [1.82, 2.24) is 10.6 Å². The fraction of sp³-hybridized carbons (Fsp3) is 0.345. The summed E-state index contributed by atoms with van der Waals surface area (Å²) in [5.41, 5.74) is 2.90. The van der Waals surface area contributed by atoms with Gasteiger partial charge in [0, 0.05) is 18.9 Å². The molecule has 1 heterocycles. The van der Waals surface area contributed by atoms with Crippen LogP contribution in [0, 0.1) is 20.8 Å². The largest absolute Gasteiger partial charge is 0.345 e. The SMILES string of the molecule is CC(=O)C[C@@H](C=O)NC(=O)CN1C(=O)[C@@H](NC(=O)C(=O)c2c(C)cc(C)cc2C)CN(C(C)=O)c2ccccc21. The zero-order chi connectivity index (χ0) is 29.7. The third-order valence-corrected chi connectivity index (χ3v) is 6.51. The Hall–Kier alpha value is -4.67. The molecule has 1 aliphatic heterocycles. The zero-order valence-corrected chi connectivity index (χ0v) is 23.1. The van der Waals surface area contributed by atoms with Crippen molar-refractivity contribution in [3.05, 3.63) is 58.7 Å². The van der Waals surface area contributed by atoms with Gasteiger partial charge in [0.2, 0.25) is 11.8 Å². The van der Waals surface area contributed by atoms with Gasteiger partial charge in [-0.3, -0.25) is 33.7 Å². The molecule has 2 atom stereocenters. The average molecular weight is 549 g/mol. The van der Waals surface area contributed by atoms with Crippen molar-refractivity contribution >= 4 is 52.9 Å². The number of hydrogen-bond donors (Lipinski definition) is 2. The molecule has 0 fully saturated rings. The molecular formula is C29H32N4O7. The second-order valence-electron chi connectivity index (χ2n) is 9.89. The molecule has 0 spiro atoms. The van der Waals surface area contributed by atoms with Crippen LogP contribution in [0.15, 0.2) is 36.4 Å². The molecule has 0 saturated carbocycles. The lowest BCUT2D eigenvalue weighted by atomic mass is 9.96. The lowest BCUT2D eigenvalue weighted by molar-refractivity contribution is -0.128. The van der Waals surface area contributed by atoms with E-state index in [4.69, 9.17) is 0 Å². The first-order chi connectivity index (χ1) is 18.8. The smallest absolute Gasteiger partial charge is 0.293 e. The van der Waals surface area contributed by atoms with Crippen molar-refractivity contribution in [2.24, 2.45) is 0 Å². The Morgan fingerprint density at radius 3 is 2.15 bits per heavy atom. The van der Waals surface area contributed by atoms with Gasteiger partial charge in [-0.25, -0.2) is 0 Å². The van der Waals surface area contributed by atoms with Crippen LogP contribution in [-0.2, 0) is 28.8 Å². The number of benzene rings is 2. The molecule has 4 amide bonds. The molecule has 2 aromatic carbocycles. The number of fused-ring (bicyclic) bond motifs is 1. The highest BCUT2D eigenvalue weighted by atomic mass is 16.2. The predicted octanol–water partition coefficient (Wildman–Crippen LogP) is 1.34. The van der Waals surface area contributed by atoms with Crippen LogP contribution < -0.4 is 20.4 Å². The first-order valence-corrected chi connectivity index (χ1v) is 12.7. The topological polar surface area (TPSA) is 150 Å². The first kappa shape index (κ1) is 29.9. The van der Waals surface area contributed by atoms with Gasteiger partial charge in [-0.2, -0.15) is 0 Å². The molecule has 1 aliphatic rings. The number of hydrogen-bond acceptors (Lipinski definition) is 7. The number of nitrogens with one attached hydrogen (secondary N) is 2. The summed E-state index contributed by atoms with van der Waals surface area (Å²) < 4.78 is 0. The lowest BCUT2D eigenvalue weighted by Gasteiger charge is -2.25. The molecule has 3 rings (SSSR count). The predicted molar refractivity (Wildman–Crippen MR) is 147 cm³/mol. The molecule has 2 aromatic rings. The summed E-state index contributed by atoms with van der Waals surface area (Å²) in [6.07, 6.45) is 0.217. The number of carbonyl (C=O) groups is 7. The van der Waals surface area contributed by atoms with Crippen LogP contribution in [0.1, 0.15) is 47.3 Å². The van der Waals surface area contributed by atoms with Crippen LogP contribution in [0.25, 0.3) is 0 Å². The molecule has 0 unspecified atom stereocenters. The van der Waals surface area contributed by atoms with E-state index in [0.29, 0.717) is 23.1 Å². The summed E-state index contributed by atoms with van der Waals surface area (Å²) in [7, 11) is 0. The Labute approximate surface area is 231 Å². The molecule has 0 bridgehead atoms. The molecule has 2 N–H and O–H groups in total. The second kappa shape index (κ2) is 12.5. The van der Waals surface area contributed by atoms with Gasteiger partial charge < -0.3 is 20.3 Å². The van der Waals surface area contributed by atoms with Crippen molar-refractivity contribution in [2.45, 2.75) is 53.1 Å². The third kappa shape index (κ3) is 6.66. The Morgan fingerprint density at radius 2 is 1.60 bits per heavy atom. The van der Waals surface area contributed by atoms with Crippen LogP contribution in [0.5, 0.6) is 0 Å². The highest BCUT2D eigenvalue weighted by Gasteiger charge is 2.38. The molecule has 0 aromatic heterocycles. The molecule has 210 valence electrons. The summed E-state index contributed by atoms with van der Waals surface area (Å²) in [5, 5.41) is 4.89. The van der Waals surface area contributed by atoms with Crippen molar-refractivity contribution in [3.63, 3.8) is 0 Å². The van der Waals surface area contributed by atoms with Crippen LogP contribution in [0.3, 0.4) is 0 Å². The summed E-state index contributed by atoms with van der Waals surface area (Å²) in [6, 6.07) is 7.50. The van der Waals surface area contributed by atoms with E-state index in [2.05, 4.69) is 10.6 Å². The molecular weight excluding hydrogens is 516 g/mol. The number of aldehydes is 1. The van der Waals surface area contributed by atoms with E-state index in [1.165, 1.54) is 24.8 Å². The van der Waals surface area contributed by atoms with Gasteiger partial charge in [0.25, 0.3) is 17.6 Å². The van der Waals surface area contributed by atoms with Gasteiger partial charge in [-0.15, -0.1) is 0 Å². The summed E-state index contributed by atoms with van der Waals surface area (Å²) >= 11 is 0. The number of anilines is 2. The van der Waals surface area contributed by atoms with Gasteiger partial charge in [0.15, 0.2) is 0 Å². The lowest BCUT2D eigenvalue weighted by Crippen LogP contribution is -2.55. The number of nitrogens with zero attached hydrogens (tertiary/aromatic N) is 2. The molecule has 11 nitrogen and oxygen atoms in total. The average Bonchev–Trinajstić information content (AvgIpc) is 2.98. The molecule has 11 heteroatoms. The number of Topliss-reactive ketones (excluding diaryl/α,β-unsaturated/α-hetero) is 2. The van der Waals surface area contributed by atoms with E-state index in [-0.39, 0.29) is 30.0 Å². The van der Waals surface area contributed by atoms with E-state index in [1.807, 2.05) is 6.92 Å². The zero-order valence-electron chi connectivity index (χ0n) is 23.1. The monoisotopic (exact) mass is 548 g/mol. The number of carbonyl (C=O) groups excluding carboxylic acids is 7. The van der Waals surface area contributed by atoms with E-state index >= 15 is 0 Å². The molecule has 0 radical (unpaired) electrons. The fourth-order valence-electron chi connectivity index (χ4n) is 4.87. The standard InChI is InChI=1S/C29H32N4O7/c1-16-10-17(2)26(18(3)11-16)27(38)28(39)31-22-13-32(20(5)36)23-8-6-7-9-24(23)33(29(22)40)14-25(37)30-21(15-34)12-19(4)35/h6-11,15,21-22H,12-14H2,1-5H3,(H,30,37)(H,31,39)/t21-,22-/m0/s1. The normalized spacial score (nSPS) is 15.4. The Morgan fingerprint density at radius 1 is 1.00 bits per heavy atom. The number of rotatable bonds is 9. The van der Waals surface area contributed by atoms with Crippen LogP contribution >= 0.6 is 0 Å². The Bertz CT molecular complexity index is 1380. The minimum atomic E-state index is -1.37. The molecule has 0 aliphatic carbocycles. The van der Waals surface area contributed by atoms with Crippen molar-refractivity contribution in [2.75, 3.05) is 22.9 Å². The number of ketones is 2. The van der Waals surface area contributed by atoms with E-state index in [0.717, 1.165) is 10.5 Å². The Kier molecular flexibility index (Phi) is 9.31. The third-order valence-electron chi connectivity index (χ3n) is 6.51. The van der Waals surface area contributed by atoms with Gasteiger partial charge >= 0.3 is 0 Å². The first-order valence-electron chi connectivity index (χ1n) is 12.7. The van der Waals surface area contributed by atoms with Crippen LogP contribution in [0.2, 0.25) is 0 Å². The van der Waals surface area contributed by atoms with E-state index < -0.39 is 48.0 Å². The molecule has 0 saturated heterocycles. The minimum Gasteiger partial charge on any atom is -0.345 e. The maximum absolute atomic E-state index is 13.8. The second-order valence-corrected chi connectivity index (χ2v) is 9.89. The summed E-state index contributed by atoms with van der Waals surface area (Å²) in [6.45, 7) is 7.02. The van der Waals surface area contributed by atoms with Crippen molar-refractivity contribution in [1.29, 1.82) is 0 Å². The van der Waals surface area contributed by atoms with E-state index in [9.17, 15) is 33.6 Å². The van der Waals surface area contributed by atoms with Gasteiger partial charge in [0.05, 0.1) is 24.0 Å². The van der Waals surface area contributed by atoms with Crippen molar-refractivity contribution < 1.29 is 33.6 Å². The van der Waals surface area contributed by atoms with Gasteiger partial charge in [-0.05, 0) is 51.0 Å². The van der Waals surface area contributed by atoms with Crippen molar-refractivity contribution in [3.8, 4) is 0 Å². The minimum absolute atomic E-state index is 0.212. The number of aryl methyl sites for hydroxylation is 3. The maximum Gasteiger partial charge on any atom is 0.293 e. The fourth-order valence-corrected chi connectivity index (χ4v) is 4.87. The van der Waals surface area contributed by atoms with Gasteiger partial charge in [0.1, 0.15) is 24.7 Å². The molecule has 40 heavy (non-hydrogen) atoms. The highest BCUT2D eigenvalue weighted by Crippen LogP contribution is 2.33. The van der Waals surface area contributed by atoms with Gasteiger partial charge in [-0.1, -0.05) is 29.8 Å². The highest BCUT2D eigenvalue weighted by molar-refractivity contribution is 6.43. The maximum atomic E-state index is 13.8. The van der Waals surface area contributed by atoms with E-state index in [1.54, 1.807) is 44.2 Å². The quantitative estimate of drug-likeness (QED) is 0.273. The van der Waals surface area contributed by atoms with Crippen LogP contribution in [-0.4, -0.2) is 66.7 Å². The van der Waals surface area contributed by atoms with Crippen LogP contribution in [0.4, 0.5) is 11.4 Å². The number of para-hydroxylation sites is 2. The summed E-state index contributed by atoms with van der Waals surface area (Å²) in [4.78, 5) is 90.7. The Balaban J connectivity index is 1.96. The number of amides is 4.